The number of rotatable bonds is 7. The summed E-state index contributed by atoms with van der Waals surface area (Å²) in [6, 6.07) is 13.9. The van der Waals surface area contributed by atoms with Crippen LogP contribution in [-0.2, 0) is 27.5 Å². The first-order valence-electron chi connectivity index (χ1n) is 11.1. The van der Waals surface area contributed by atoms with E-state index in [1.807, 2.05) is 49.1 Å². The molecule has 33 heavy (non-hydrogen) atoms. The summed E-state index contributed by atoms with van der Waals surface area (Å²) < 4.78 is 67.1. The van der Waals surface area contributed by atoms with Crippen LogP contribution in [0.4, 0.5) is 13.2 Å². The van der Waals surface area contributed by atoms with Gasteiger partial charge in [-0.05, 0) is 43.9 Å². The van der Waals surface area contributed by atoms with Crippen molar-refractivity contribution < 1.29 is 26.4 Å². The normalized spacial score (nSPS) is 17.0. The number of hydrogen-bond donors (Lipinski definition) is 0. The van der Waals surface area contributed by atoms with E-state index < -0.39 is 26.7 Å². The number of hydrogen-bond acceptors (Lipinski definition) is 3. The van der Waals surface area contributed by atoms with Gasteiger partial charge in [-0.25, -0.2) is 8.42 Å². The van der Waals surface area contributed by atoms with Crippen LogP contribution in [-0.4, -0.2) is 42.7 Å². The molecule has 1 aliphatic heterocycles. The Hall–Kier alpha value is -2.39. The molecular formula is C24H29F3N2O3S. The van der Waals surface area contributed by atoms with Crippen molar-refractivity contribution in [2.24, 2.45) is 5.92 Å². The lowest BCUT2D eigenvalue weighted by Gasteiger charge is -2.36. The predicted octanol–water partition coefficient (Wildman–Crippen LogP) is 4.93. The van der Waals surface area contributed by atoms with Gasteiger partial charge in [0.25, 0.3) is 0 Å². The molecule has 1 atom stereocenters. The van der Waals surface area contributed by atoms with Crippen molar-refractivity contribution in [3.63, 3.8) is 0 Å². The van der Waals surface area contributed by atoms with Gasteiger partial charge in [0.2, 0.25) is 15.9 Å². The molecular weight excluding hydrogens is 453 g/mol. The quantitative estimate of drug-likeness (QED) is 0.562. The number of nitrogens with zero attached hydrogens (tertiary/aromatic N) is 2. The molecule has 180 valence electrons. The molecule has 0 N–H and O–H groups in total. The Morgan fingerprint density at radius 2 is 1.64 bits per heavy atom. The smallest absolute Gasteiger partial charge is 0.335 e. The summed E-state index contributed by atoms with van der Waals surface area (Å²) >= 11 is 0. The molecule has 0 radical (unpaired) electrons. The molecule has 1 aliphatic rings. The number of piperidine rings is 1. The minimum Gasteiger partial charge on any atom is -0.335 e. The Labute approximate surface area is 193 Å². The highest BCUT2D eigenvalue weighted by Crippen LogP contribution is 2.36. The fraction of sp³-hybridized carbons (Fsp3) is 0.458. The average Bonchev–Trinajstić information content (AvgIpc) is 2.82. The molecule has 9 heteroatoms. The number of sulfonamides is 1. The van der Waals surface area contributed by atoms with E-state index in [0.717, 1.165) is 28.4 Å². The Kier molecular flexibility index (Phi) is 7.84. The summed E-state index contributed by atoms with van der Waals surface area (Å²) in [6.45, 7) is 4.46. The van der Waals surface area contributed by atoms with Gasteiger partial charge in [0.05, 0.1) is 10.5 Å². The number of alkyl halides is 3. The molecule has 1 unspecified atom stereocenters. The van der Waals surface area contributed by atoms with Gasteiger partial charge in [-0.3, -0.25) is 4.79 Å². The van der Waals surface area contributed by atoms with E-state index in [4.69, 9.17) is 0 Å². The van der Waals surface area contributed by atoms with E-state index in [2.05, 4.69) is 0 Å². The van der Waals surface area contributed by atoms with Crippen LogP contribution in [0.15, 0.2) is 59.5 Å². The maximum Gasteiger partial charge on any atom is 0.417 e. The highest BCUT2D eigenvalue weighted by atomic mass is 32.2. The van der Waals surface area contributed by atoms with Crippen LogP contribution in [0.25, 0.3) is 0 Å². The van der Waals surface area contributed by atoms with E-state index in [1.54, 1.807) is 0 Å². The van der Waals surface area contributed by atoms with Gasteiger partial charge < -0.3 is 4.90 Å². The minimum atomic E-state index is -4.77. The van der Waals surface area contributed by atoms with Crippen LogP contribution in [0.2, 0.25) is 0 Å². The first-order chi connectivity index (χ1) is 15.6. The molecule has 2 aromatic rings. The number of carbonyl (C=O) groups is 1. The zero-order valence-electron chi connectivity index (χ0n) is 18.8. The van der Waals surface area contributed by atoms with Crippen molar-refractivity contribution >= 4 is 15.9 Å². The molecule has 1 saturated heterocycles. The molecule has 3 rings (SSSR count). The summed E-state index contributed by atoms with van der Waals surface area (Å²) in [5, 5.41) is 0. The highest BCUT2D eigenvalue weighted by molar-refractivity contribution is 7.89. The van der Waals surface area contributed by atoms with E-state index >= 15 is 0 Å². The fourth-order valence-electron chi connectivity index (χ4n) is 4.09. The predicted molar refractivity (Wildman–Crippen MR) is 120 cm³/mol. The van der Waals surface area contributed by atoms with Crippen LogP contribution in [0.5, 0.6) is 0 Å². The topological polar surface area (TPSA) is 57.7 Å². The summed E-state index contributed by atoms with van der Waals surface area (Å²) in [7, 11) is -4.33. The molecule has 0 spiro atoms. The Bertz CT molecular complexity index is 1050. The van der Waals surface area contributed by atoms with Crippen molar-refractivity contribution in [2.75, 3.05) is 13.1 Å². The molecule has 0 aliphatic carbocycles. The van der Waals surface area contributed by atoms with Gasteiger partial charge in [0.15, 0.2) is 0 Å². The van der Waals surface area contributed by atoms with Crippen LogP contribution in [0, 0.1) is 5.92 Å². The molecule has 2 aromatic carbocycles. The van der Waals surface area contributed by atoms with Crippen molar-refractivity contribution in [1.29, 1.82) is 0 Å². The maximum atomic E-state index is 13.4. The third kappa shape index (κ3) is 5.76. The first kappa shape index (κ1) is 25.2. The van der Waals surface area contributed by atoms with E-state index in [0.29, 0.717) is 6.54 Å². The number of amides is 1. The van der Waals surface area contributed by atoms with Crippen LogP contribution in [0.1, 0.15) is 44.2 Å². The van der Waals surface area contributed by atoms with Crippen LogP contribution in [0.3, 0.4) is 0 Å². The zero-order valence-corrected chi connectivity index (χ0v) is 19.6. The number of benzene rings is 2. The minimum absolute atomic E-state index is 0.00458. The monoisotopic (exact) mass is 482 g/mol. The lowest BCUT2D eigenvalue weighted by Crippen LogP contribution is -2.46. The van der Waals surface area contributed by atoms with Crippen molar-refractivity contribution in [3.05, 3.63) is 65.7 Å². The summed E-state index contributed by atoms with van der Waals surface area (Å²) in [5.74, 6) is -0.409. The zero-order chi connectivity index (χ0) is 24.2. The summed E-state index contributed by atoms with van der Waals surface area (Å²) in [6.07, 6.45) is -3.45. The summed E-state index contributed by atoms with van der Waals surface area (Å²) in [5.41, 5.74) is -0.163. The second kappa shape index (κ2) is 10.3. The Morgan fingerprint density at radius 3 is 2.21 bits per heavy atom. The number of carbonyl (C=O) groups excluding carboxylic acids is 1. The molecule has 0 bridgehead atoms. The van der Waals surface area contributed by atoms with Crippen LogP contribution < -0.4 is 0 Å². The third-order valence-electron chi connectivity index (χ3n) is 6.22. The van der Waals surface area contributed by atoms with E-state index in [-0.39, 0.29) is 43.8 Å². The SMILES string of the molecule is CCC(C)N(Cc1ccccc1)C(=O)C1CCN(S(=O)(=O)c2ccccc2C(F)(F)F)CC1. The lowest BCUT2D eigenvalue weighted by molar-refractivity contribution is -0.140. The third-order valence-corrected chi connectivity index (χ3v) is 8.17. The van der Waals surface area contributed by atoms with E-state index in [9.17, 15) is 26.4 Å². The molecule has 1 amide bonds. The largest absolute Gasteiger partial charge is 0.417 e. The highest BCUT2D eigenvalue weighted by Gasteiger charge is 2.40. The van der Waals surface area contributed by atoms with Crippen LogP contribution >= 0.6 is 0 Å². The second-order valence-electron chi connectivity index (χ2n) is 8.38. The van der Waals surface area contributed by atoms with Gasteiger partial charge in [0, 0.05) is 31.6 Å². The van der Waals surface area contributed by atoms with Crippen molar-refractivity contribution in [1.82, 2.24) is 9.21 Å². The van der Waals surface area contributed by atoms with Gasteiger partial charge in [0.1, 0.15) is 0 Å². The Morgan fingerprint density at radius 1 is 1.06 bits per heavy atom. The average molecular weight is 483 g/mol. The standard InChI is InChI=1S/C24H29F3N2O3S/c1-3-18(2)29(17-19-9-5-4-6-10-19)23(30)20-13-15-28(16-14-20)33(31,32)22-12-8-7-11-21(22)24(25,26)27/h4-12,18,20H,3,13-17H2,1-2H3. The van der Waals surface area contributed by atoms with E-state index in [1.165, 1.54) is 12.1 Å². The lowest BCUT2D eigenvalue weighted by atomic mass is 9.95. The van der Waals surface area contributed by atoms with Gasteiger partial charge in [-0.1, -0.05) is 49.4 Å². The van der Waals surface area contributed by atoms with Crippen molar-refractivity contribution in [3.8, 4) is 0 Å². The maximum absolute atomic E-state index is 13.4. The van der Waals surface area contributed by atoms with Gasteiger partial charge >= 0.3 is 6.18 Å². The van der Waals surface area contributed by atoms with Crippen molar-refractivity contribution in [2.45, 2.75) is 56.8 Å². The first-order valence-corrected chi connectivity index (χ1v) is 12.5. The molecule has 1 fully saturated rings. The van der Waals surface area contributed by atoms with Gasteiger partial charge in [-0.2, -0.15) is 17.5 Å². The molecule has 1 heterocycles. The number of halogens is 3. The molecule has 0 aromatic heterocycles. The Balaban J connectivity index is 1.74. The molecule has 5 nitrogen and oxygen atoms in total. The fourth-order valence-corrected chi connectivity index (χ4v) is 5.78. The second-order valence-corrected chi connectivity index (χ2v) is 10.3. The van der Waals surface area contributed by atoms with Gasteiger partial charge in [-0.15, -0.1) is 0 Å². The molecule has 0 saturated carbocycles. The summed E-state index contributed by atoms with van der Waals surface area (Å²) in [4.78, 5) is 14.4.